The largest absolute Gasteiger partial charge is 0.388 e. The van der Waals surface area contributed by atoms with Crippen molar-refractivity contribution in [2.75, 3.05) is 19.6 Å². The Morgan fingerprint density at radius 3 is 2.58 bits per heavy atom. The number of benzene rings is 1. The number of β-amino-alcohol motifs (C(OH)–C–C–N with tert-alkyl or cyclic N) is 1. The fourth-order valence-corrected chi connectivity index (χ4v) is 2.62. The van der Waals surface area contributed by atoms with Crippen LogP contribution in [0.4, 0.5) is 0 Å². The van der Waals surface area contributed by atoms with E-state index in [1.807, 2.05) is 36.1 Å². The molecule has 1 aliphatic rings. The first-order chi connectivity index (χ1) is 8.85. The monoisotopic (exact) mass is 326 g/mol. The van der Waals surface area contributed by atoms with Gasteiger partial charge in [-0.05, 0) is 31.5 Å². The SMILES string of the molecule is CC(NC(=O)CN1CC(C)(O)C1)c1ccc(Br)cc1. The van der Waals surface area contributed by atoms with E-state index < -0.39 is 5.60 Å². The normalized spacial score (nSPS) is 19.6. The van der Waals surface area contributed by atoms with Crippen LogP contribution in [0.3, 0.4) is 0 Å². The molecule has 1 heterocycles. The molecule has 0 radical (unpaired) electrons. The van der Waals surface area contributed by atoms with Crippen LogP contribution in [0.5, 0.6) is 0 Å². The zero-order chi connectivity index (χ0) is 14.0. The molecule has 2 N–H and O–H groups in total. The Morgan fingerprint density at radius 1 is 1.47 bits per heavy atom. The molecule has 1 fully saturated rings. The standard InChI is InChI=1S/C14H19BrN2O2/c1-10(11-3-5-12(15)6-4-11)16-13(18)7-17-8-14(2,19)9-17/h3-6,10,19H,7-9H2,1-2H3,(H,16,18). The van der Waals surface area contributed by atoms with Gasteiger partial charge in [-0.3, -0.25) is 9.69 Å². The third-order valence-corrected chi connectivity index (χ3v) is 3.77. The van der Waals surface area contributed by atoms with Crippen LogP contribution < -0.4 is 5.32 Å². The van der Waals surface area contributed by atoms with Gasteiger partial charge in [-0.2, -0.15) is 0 Å². The highest BCUT2D eigenvalue weighted by molar-refractivity contribution is 9.10. The number of rotatable bonds is 4. The third kappa shape index (κ3) is 4.03. The molecule has 1 aromatic carbocycles. The Labute approximate surface area is 121 Å². The van der Waals surface area contributed by atoms with E-state index in [0.29, 0.717) is 19.6 Å². The maximum Gasteiger partial charge on any atom is 0.234 e. The number of nitrogens with one attached hydrogen (secondary N) is 1. The predicted octanol–water partition coefficient (Wildman–Crippen LogP) is 1.69. The second-order valence-corrected chi connectivity index (χ2v) is 6.40. The molecular weight excluding hydrogens is 308 g/mol. The highest BCUT2D eigenvalue weighted by Gasteiger charge is 2.37. The van der Waals surface area contributed by atoms with Gasteiger partial charge < -0.3 is 10.4 Å². The van der Waals surface area contributed by atoms with Crippen molar-refractivity contribution in [2.45, 2.75) is 25.5 Å². The number of hydrogen-bond acceptors (Lipinski definition) is 3. The molecule has 0 spiro atoms. The minimum Gasteiger partial charge on any atom is -0.388 e. The lowest BCUT2D eigenvalue weighted by Crippen LogP contribution is -2.61. The zero-order valence-corrected chi connectivity index (χ0v) is 12.8. The molecule has 1 saturated heterocycles. The van der Waals surface area contributed by atoms with E-state index in [2.05, 4.69) is 21.2 Å². The van der Waals surface area contributed by atoms with Gasteiger partial charge in [-0.15, -0.1) is 0 Å². The Hall–Kier alpha value is -0.910. The maximum atomic E-state index is 11.9. The van der Waals surface area contributed by atoms with Crippen molar-refractivity contribution in [1.82, 2.24) is 10.2 Å². The van der Waals surface area contributed by atoms with E-state index in [9.17, 15) is 9.90 Å². The molecule has 104 valence electrons. The lowest BCUT2D eigenvalue weighted by atomic mass is 9.97. The highest BCUT2D eigenvalue weighted by Crippen LogP contribution is 2.19. The van der Waals surface area contributed by atoms with E-state index in [1.165, 1.54) is 0 Å². The molecular formula is C14H19BrN2O2. The van der Waals surface area contributed by atoms with Gasteiger partial charge in [0.25, 0.3) is 0 Å². The van der Waals surface area contributed by atoms with Gasteiger partial charge >= 0.3 is 0 Å². The number of carbonyl (C=O) groups is 1. The lowest BCUT2D eigenvalue weighted by molar-refractivity contribution is -0.130. The van der Waals surface area contributed by atoms with Gasteiger partial charge in [0.05, 0.1) is 18.2 Å². The van der Waals surface area contributed by atoms with E-state index in [-0.39, 0.29) is 11.9 Å². The van der Waals surface area contributed by atoms with Gasteiger partial charge in [0.2, 0.25) is 5.91 Å². The molecule has 1 atom stereocenters. The topological polar surface area (TPSA) is 52.6 Å². The van der Waals surface area contributed by atoms with Crippen molar-refractivity contribution in [3.63, 3.8) is 0 Å². The number of aliphatic hydroxyl groups is 1. The Kier molecular flexibility index (Phi) is 4.28. The Balaban J connectivity index is 1.80. The quantitative estimate of drug-likeness (QED) is 0.885. The molecule has 4 nitrogen and oxygen atoms in total. The molecule has 0 saturated carbocycles. The molecule has 1 aromatic rings. The van der Waals surface area contributed by atoms with Crippen LogP contribution in [0, 0.1) is 0 Å². The Morgan fingerprint density at radius 2 is 2.05 bits per heavy atom. The second-order valence-electron chi connectivity index (χ2n) is 5.48. The van der Waals surface area contributed by atoms with E-state index in [0.717, 1.165) is 10.0 Å². The fraction of sp³-hybridized carbons (Fsp3) is 0.500. The summed E-state index contributed by atoms with van der Waals surface area (Å²) >= 11 is 3.39. The number of amides is 1. The van der Waals surface area contributed by atoms with Crippen molar-refractivity contribution in [1.29, 1.82) is 0 Å². The summed E-state index contributed by atoms with van der Waals surface area (Å²) in [5.41, 5.74) is 0.449. The van der Waals surface area contributed by atoms with Crippen LogP contribution in [0.15, 0.2) is 28.7 Å². The third-order valence-electron chi connectivity index (χ3n) is 3.24. The summed E-state index contributed by atoms with van der Waals surface area (Å²) in [4.78, 5) is 13.8. The molecule has 1 aliphatic heterocycles. The number of halogens is 1. The van der Waals surface area contributed by atoms with Gasteiger partial charge in [-0.1, -0.05) is 28.1 Å². The number of nitrogens with zero attached hydrogens (tertiary/aromatic N) is 1. The van der Waals surface area contributed by atoms with Crippen molar-refractivity contribution in [3.05, 3.63) is 34.3 Å². The highest BCUT2D eigenvalue weighted by atomic mass is 79.9. The average Bonchev–Trinajstić information content (AvgIpc) is 2.27. The fourth-order valence-electron chi connectivity index (χ4n) is 2.35. The summed E-state index contributed by atoms with van der Waals surface area (Å²) in [5, 5.41) is 12.6. The van der Waals surface area contributed by atoms with Crippen molar-refractivity contribution in [3.8, 4) is 0 Å². The van der Waals surface area contributed by atoms with Crippen molar-refractivity contribution >= 4 is 21.8 Å². The Bertz CT molecular complexity index is 451. The summed E-state index contributed by atoms with van der Waals surface area (Å²) in [6.45, 7) is 5.22. The van der Waals surface area contributed by atoms with E-state index in [4.69, 9.17) is 0 Å². The second kappa shape index (κ2) is 5.61. The molecule has 1 amide bonds. The van der Waals surface area contributed by atoms with Crippen molar-refractivity contribution in [2.24, 2.45) is 0 Å². The predicted molar refractivity (Wildman–Crippen MR) is 77.8 cm³/mol. The van der Waals surface area contributed by atoms with Crippen LogP contribution in [-0.4, -0.2) is 41.1 Å². The minimum atomic E-state index is -0.627. The average molecular weight is 327 g/mol. The number of likely N-dealkylation sites (tertiary alicyclic amines) is 1. The zero-order valence-electron chi connectivity index (χ0n) is 11.2. The lowest BCUT2D eigenvalue weighted by Gasteiger charge is -2.43. The van der Waals surface area contributed by atoms with Gasteiger partial charge in [0, 0.05) is 17.6 Å². The molecule has 0 aliphatic carbocycles. The van der Waals surface area contributed by atoms with E-state index in [1.54, 1.807) is 6.92 Å². The summed E-state index contributed by atoms with van der Waals surface area (Å²) in [7, 11) is 0. The van der Waals surface area contributed by atoms with Crippen LogP contribution in [0.2, 0.25) is 0 Å². The first-order valence-corrected chi connectivity index (χ1v) is 7.15. The summed E-state index contributed by atoms with van der Waals surface area (Å²) < 4.78 is 1.03. The minimum absolute atomic E-state index is 0.00841. The summed E-state index contributed by atoms with van der Waals surface area (Å²) in [6.07, 6.45) is 0. The first-order valence-electron chi connectivity index (χ1n) is 6.35. The summed E-state index contributed by atoms with van der Waals surface area (Å²) in [5.74, 6) is -0.00841. The van der Waals surface area contributed by atoms with Crippen LogP contribution in [-0.2, 0) is 4.79 Å². The molecule has 0 bridgehead atoms. The molecule has 5 heteroatoms. The summed E-state index contributed by atoms with van der Waals surface area (Å²) in [6, 6.07) is 7.89. The molecule has 19 heavy (non-hydrogen) atoms. The molecule has 1 unspecified atom stereocenters. The van der Waals surface area contributed by atoms with Gasteiger partial charge in [0.15, 0.2) is 0 Å². The van der Waals surface area contributed by atoms with Crippen LogP contribution >= 0.6 is 15.9 Å². The number of carbonyl (C=O) groups excluding carboxylic acids is 1. The molecule has 0 aromatic heterocycles. The smallest absolute Gasteiger partial charge is 0.234 e. The van der Waals surface area contributed by atoms with Gasteiger partial charge in [-0.25, -0.2) is 0 Å². The number of hydrogen-bond donors (Lipinski definition) is 2. The first kappa shape index (κ1) is 14.5. The van der Waals surface area contributed by atoms with E-state index >= 15 is 0 Å². The maximum absolute atomic E-state index is 11.9. The van der Waals surface area contributed by atoms with Crippen LogP contribution in [0.1, 0.15) is 25.5 Å². The molecule has 2 rings (SSSR count). The van der Waals surface area contributed by atoms with Crippen LogP contribution in [0.25, 0.3) is 0 Å². The van der Waals surface area contributed by atoms with Gasteiger partial charge in [0.1, 0.15) is 0 Å². The van der Waals surface area contributed by atoms with Crippen molar-refractivity contribution < 1.29 is 9.90 Å².